The normalized spacial score (nSPS) is 10.9. The first-order valence-electron chi connectivity index (χ1n) is 8.37. The Morgan fingerprint density at radius 2 is 2.00 bits per heavy atom. The van der Waals surface area contributed by atoms with Crippen LogP contribution in [0.4, 0.5) is 14.5 Å². The molecule has 0 atom stereocenters. The van der Waals surface area contributed by atoms with Gasteiger partial charge in [0.2, 0.25) is 5.91 Å². The summed E-state index contributed by atoms with van der Waals surface area (Å²) in [7, 11) is 0. The molecule has 0 spiro atoms. The molecule has 1 amide bonds. The summed E-state index contributed by atoms with van der Waals surface area (Å²) in [4.78, 5) is 29.3. The SMILES string of the molecule is CCCn1c(SCC(=O)Nc2ccc(F)cc2F)nc2ccccc2c1=O. The summed E-state index contributed by atoms with van der Waals surface area (Å²) in [5.74, 6) is -2.11. The number of amides is 1. The Morgan fingerprint density at radius 1 is 1.22 bits per heavy atom. The van der Waals surface area contributed by atoms with Gasteiger partial charge in [0.1, 0.15) is 11.6 Å². The second-order valence-corrected chi connectivity index (χ2v) is 6.77. The minimum absolute atomic E-state index is 0.0642. The summed E-state index contributed by atoms with van der Waals surface area (Å²) < 4.78 is 28.1. The monoisotopic (exact) mass is 389 g/mol. The van der Waals surface area contributed by atoms with Crippen LogP contribution in [-0.4, -0.2) is 21.2 Å². The van der Waals surface area contributed by atoms with E-state index >= 15 is 0 Å². The predicted molar refractivity (Wildman–Crippen MR) is 102 cm³/mol. The second kappa shape index (κ2) is 8.30. The second-order valence-electron chi connectivity index (χ2n) is 5.83. The van der Waals surface area contributed by atoms with Gasteiger partial charge in [0.15, 0.2) is 5.16 Å². The van der Waals surface area contributed by atoms with E-state index < -0.39 is 17.5 Å². The van der Waals surface area contributed by atoms with E-state index in [1.54, 1.807) is 28.8 Å². The number of fused-ring (bicyclic) bond motifs is 1. The van der Waals surface area contributed by atoms with Gasteiger partial charge in [-0.05, 0) is 30.7 Å². The third kappa shape index (κ3) is 4.33. The van der Waals surface area contributed by atoms with Crippen LogP contribution < -0.4 is 10.9 Å². The molecule has 3 rings (SSSR count). The van der Waals surface area contributed by atoms with Crippen molar-refractivity contribution in [3.05, 3.63) is 64.5 Å². The third-order valence-corrected chi connectivity index (χ3v) is 4.79. The summed E-state index contributed by atoms with van der Waals surface area (Å²) in [5.41, 5.74) is 0.302. The highest BCUT2D eigenvalue weighted by Gasteiger charge is 2.14. The van der Waals surface area contributed by atoms with Gasteiger partial charge in [-0.2, -0.15) is 0 Å². The number of nitrogens with zero attached hydrogens (tertiary/aromatic N) is 2. The van der Waals surface area contributed by atoms with Crippen molar-refractivity contribution in [2.45, 2.75) is 25.0 Å². The third-order valence-electron chi connectivity index (χ3n) is 3.81. The van der Waals surface area contributed by atoms with Gasteiger partial charge in [0.25, 0.3) is 5.56 Å². The molecule has 0 saturated carbocycles. The van der Waals surface area contributed by atoms with Crippen LogP contribution in [-0.2, 0) is 11.3 Å². The zero-order valence-electron chi connectivity index (χ0n) is 14.5. The molecule has 0 bridgehead atoms. The number of thioether (sulfide) groups is 1. The summed E-state index contributed by atoms with van der Waals surface area (Å²) in [6.45, 7) is 2.42. The lowest BCUT2D eigenvalue weighted by atomic mass is 10.2. The lowest BCUT2D eigenvalue weighted by Gasteiger charge is -2.12. The van der Waals surface area contributed by atoms with Gasteiger partial charge in [-0.3, -0.25) is 14.2 Å². The zero-order valence-corrected chi connectivity index (χ0v) is 15.4. The van der Waals surface area contributed by atoms with Crippen molar-refractivity contribution < 1.29 is 13.6 Å². The van der Waals surface area contributed by atoms with Crippen LogP contribution in [0.15, 0.2) is 52.4 Å². The number of halogens is 2. The highest BCUT2D eigenvalue weighted by molar-refractivity contribution is 7.99. The number of para-hydroxylation sites is 1. The minimum atomic E-state index is -0.847. The van der Waals surface area contributed by atoms with Crippen LogP contribution in [0, 0.1) is 11.6 Å². The molecular formula is C19H17F2N3O2S. The Kier molecular flexibility index (Phi) is 5.85. The van der Waals surface area contributed by atoms with Crippen molar-refractivity contribution in [3.8, 4) is 0 Å². The first-order valence-corrected chi connectivity index (χ1v) is 9.35. The molecule has 1 heterocycles. The van der Waals surface area contributed by atoms with Gasteiger partial charge in [-0.1, -0.05) is 30.8 Å². The number of carbonyl (C=O) groups excluding carboxylic acids is 1. The number of nitrogens with one attached hydrogen (secondary N) is 1. The Balaban J connectivity index is 1.80. The molecule has 1 N–H and O–H groups in total. The molecule has 0 radical (unpaired) electrons. The molecule has 2 aromatic carbocycles. The molecule has 0 saturated heterocycles. The van der Waals surface area contributed by atoms with Crippen molar-refractivity contribution in [2.24, 2.45) is 0 Å². The molecule has 0 fully saturated rings. The summed E-state index contributed by atoms with van der Waals surface area (Å²) in [6.07, 6.45) is 0.737. The zero-order chi connectivity index (χ0) is 19.4. The number of benzene rings is 2. The molecule has 3 aromatic rings. The van der Waals surface area contributed by atoms with Crippen LogP contribution in [0.2, 0.25) is 0 Å². The standard InChI is InChI=1S/C19H17F2N3O2S/c1-2-9-24-18(26)13-5-3-4-6-15(13)23-19(24)27-11-17(25)22-16-8-7-12(20)10-14(16)21/h3-8,10H,2,9,11H2,1H3,(H,22,25). The fourth-order valence-corrected chi connectivity index (χ4v) is 3.41. The Labute approximate surface area is 158 Å². The first-order chi connectivity index (χ1) is 13.0. The van der Waals surface area contributed by atoms with Gasteiger partial charge in [0, 0.05) is 12.6 Å². The van der Waals surface area contributed by atoms with Crippen LogP contribution in [0.3, 0.4) is 0 Å². The van der Waals surface area contributed by atoms with Gasteiger partial charge in [0.05, 0.1) is 22.3 Å². The number of carbonyl (C=O) groups is 1. The number of rotatable bonds is 6. The van der Waals surface area contributed by atoms with E-state index in [2.05, 4.69) is 10.3 Å². The summed E-state index contributed by atoms with van der Waals surface area (Å²) >= 11 is 1.10. The molecule has 5 nitrogen and oxygen atoms in total. The molecule has 0 unspecified atom stereocenters. The maximum absolute atomic E-state index is 13.6. The predicted octanol–water partition coefficient (Wildman–Crippen LogP) is 3.82. The van der Waals surface area contributed by atoms with Crippen molar-refractivity contribution in [3.63, 3.8) is 0 Å². The number of hydrogen-bond acceptors (Lipinski definition) is 4. The largest absolute Gasteiger partial charge is 0.323 e. The van der Waals surface area contributed by atoms with E-state index in [0.717, 1.165) is 30.3 Å². The average Bonchev–Trinajstić information content (AvgIpc) is 2.65. The topological polar surface area (TPSA) is 64.0 Å². The van der Waals surface area contributed by atoms with Gasteiger partial charge in [-0.15, -0.1) is 0 Å². The lowest BCUT2D eigenvalue weighted by Crippen LogP contribution is -2.24. The van der Waals surface area contributed by atoms with Crippen molar-refractivity contribution in [2.75, 3.05) is 11.1 Å². The molecular weight excluding hydrogens is 372 g/mol. The summed E-state index contributed by atoms with van der Waals surface area (Å²) in [5, 5.41) is 3.34. The molecule has 27 heavy (non-hydrogen) atoms. The minimum Gasteiger partial charge on any atom is -0.323 e. The summed E-state index contributed by atoms with van der Waals surface area (Å²) in [6, 6.07) is 9.95. The molecule has 0 aliphatic heterocycles. The van der Waals surface area contributed by atoms with Crippen LogP contribution in [0.25, 0.3) is 10.9 Å². The fraction of sp³-hybridized carbons (Fsp3) is 0.211. The number of aromatic nitrogens is 2. The smallest absolute Gasteiger partial charge is 0.262 e. The molecule has 8 heteroatoms. The Morgan fingerprint density at radius 3 is 2.74 bits per heavy atom. The highest BCUT2D eigenvalue weighted by atomic mass is 32.2. The highest BCUT2D eigenvalue weighted by Crippen LogP contribution is 2.20. The lowest BCUT2D eigenvalue weighted by molar-refractivity contribution is -0.113. The molecule has 1 aromatic heterocycles. The first kappa shape index (κ1) is 19.0. The van der Waals surface area contributed by atoms with Gasteiger partial charge in [-0.25, -0.2) is 13.8 Å². The van der Waals surface area contributed by atoms with E-state index in [9.17, 15) is 18.4 Å². The van der Waals surface area contributed by atoms with E-state index in [-0.39, 0.29) is 17.0 Å². The molecule has 0 aliphatic rings. The van der Waals surface area contributed by atoms with E-state index in [4.69, 9.17) is 0 Å². The number of anilines is 1. The van der Waals surface area contributed by atoms with Crippen LogP contribution >= 0.6 is 11.8 Å². The molecule has 140 valence electrons. The average molecular weight is 389 g/mol. The quantitative estimate of drug-likeness (QED) is 0.514. The van der Waals surface area contributed by atoms with Crippen LogP contribution in [0.5, 0.6) is 0 Å². The Hall–Kier alpha value is -2.74. The maximum atomic E-state index is 13.6. The maximum Gasteiger partial charge on any atom is 0.262 e. The van der Waals surface area contributed by atoms with Crippen molar-refractivity contribution in [1.29, 1.82) is 0 Å². The Bertz CT molecular complexity index is 1050. The van der Waals surface area contributed by atoms with Crippen molar-refractivity contribution >= 4 is 34.3 Å². The van der Waals surface area contributed by atoms with E-state index in [0.29, 0.717) is 28.7 Å². The fourth-order valence-electron chi connectivity index (χ4n) is 2.59. The van der Waals surface area contributed by atoms with E-state index in [1.807, 2.05) is 6.92 Å². The molecule has 0 aliphatic carbocycles. The van der Waals surface area contributed by atoms with Gasteiger partial charge < -0.3 is 5.32 Å². The van der Waals surface area contributed by atoms with Crippen molar-refractivity contribution in [1.82, 2.24) is 9.55 Å². The van der Waals surface area contributed by atoms with Crippen LogP contribution in [0.1, 0.15) is 13.3 Å². The number of hydrogen-bond donors (Lipinski definition) is 1. The van der Waals surface area contributed by atoms with Gasteiger partial charge >= 0.3 is 0 Å². The van der Waals surface area contributed by atoms with E-state index in [1.165, 1.54) is 0 Å².